The van der Waals surface area contributed by atoms with Crippen molar-refractivity contribution in [1.82, 2.24) is 15.3 Å². The highest BCUT2D eigenvalue weighted by atomic mass is 19.4. The lowest BCUT2D eigenvalue weighted by atomic mass is 9.83. The molecule has 1 atom stereocenters. The molecule has 3 aromatic rings. The van der Waals surface area contributed by atoms with Gasteiger partial charge < -0.3 is 15.0 Å². The van der Waals surface area contributed by atoms with Gasteiger partial charge in [0, 0.05) is 11.5 Å². The number of amides is 1. The third kappa shape index (κ3) is 5.39. The lowest BCUT2D eigenvalue weighted by Crippen LogP contribution is -2.33. The van der Waals surface area contributed by atoms with Gasteiger partial charge in [-0.3, -0.25) is 9.59 Å². The van der Waals surface area contributed by atoms with Crippen molar-refractivity contribution in [3.8, 4) is 5.75 Å². The fourth-order valence-corrected chi connectivity index (χ4v) is 4.01. The number of benzene rings is 2. The van der Waals surface area contributed by atoms with Gasteiger partial charge in [0.25, 0.3) is 11.5 Å². The van der Waals surface area contributed by atoms with Crippen molar-refractivity contribution < 1.29 is 22.7 Å². The van der Waals surface area contributed by atoms with Gasteiger partial charge >= 0.3 is 6.18 Å². The Kier molecular flexibility index (Phi) is 6.44. The molecule has 1 saturated carbocycles. The first kappa shape index (κ1) is 24.5. The summed E-state index contributed by atoms with van der Waals surface area (Å²) in [5, 5.41) is 2.88. The fourth-order valence-electron chi connectivity index (χ4n) is 4.01. The second-order valence-corrected chi connectivity index (χ2v) is 9.24. The monoisotopic (exact) mass is 485 g/mol. The normalized spacial score (nSPS) is 14.9. The summed E-state index contributed by atoms with van der Waals surface area (Å²) in [5.41, 5.74) is -0.548. The molecule has 6 nitrogen and oxygen atoms in total. The minimum atomic E-state index is -4.43. The van der Waals surface area contributed by atoms with Crippen molar-refractivity contribution in [2.45, 2.75) is 44.3 Å². The van der Waals surface area contributed by atoms with E-state index < -0.39 is 34.7 Å². The average Bonchev–Trinajstić information content (AvgIpc) is 3.67. The summed E-state index contributed by atoms with van der Waals surface area (Å²) < 4.78 is 44.0. The van der Waals surface area contributed by atoms with Gasteiger partial charge in [-0.15, -0.1) is 0 Å². The number of halogens is 3. The maximum absolute atomic E-state index is 13.1. The Hall–Kier alpha value is -3.62. The van der Waals surface area contributed by atoms with Gasteiger partial charge in [-0.1, -0.05) is 24.3 Å². The van der Waals surface area contributed by atoms with Crippen LogP contribution >= 0.6 is 0 Å². The zero-order valence-corrected chi connectivity index (χ0v) is 19.6. The Labute approximate surface area is 200 Å². The largest absolute Gasteiger partial charge is 0.497 e. The van der Waals surface area contributed by atoms with Gasteiger partial charge in [0.2, 0.25) is 0 Å². The number of rotatable bonds is 7. The number of hydrogen-bond donors (Lipinski definition) is 2. The van der Waals surface area contributed by atoms with Crippen LogP contribution in [0.15, 0.2) is 59.4 Å². The number of nitrogens with one attached hydrogen (secondary N) is 2. The number of alkyl halides is 3. The van der Waals surface area contributed by atoms with Crippen molar-refractivity contribution in [1.29, 1.82) is 0 Å². The number of H-pyrrole nitrogens is 1. The summed E-state index contributed by atoms with van der Waals surface area (Å²) in [7, 11) is 1.57. The van der Waals surface area contributed by atoms with E-state index in [-0.39, 0.29) is 11.6 Å². The Morgan fingerprint density at radius 3 is 2.20 bits per heavy atom. The molecule has 1 aromatic heterocycles. The molecule has 2 N–H and O–H groups in total. The highest BCUT2D eigenvalue weighted by molar-refractivity contribution is 5.92. The zero-order valence-electron chi connectivity index (χ0n) is 19.6. The van der Waals surface area contributed by atoms with E-state index in [1.165, 1.54) is 12.1 Å². The first-order valence-electron chi connectivity index (χ1n) is 11.2. The Balaban J connectivity index is 1.60. The number of carbonyl (C=O) groups is 1. The first-order chi connectivity index (χ1) is 16.5. The standard InChI is InChI=1S/C26H26F3N3O3/c1-25(2,17-10-12-19(35-3)13-11-17)24-30-20(14-21(33)31-24)23(34)32-22(15-4-5-15)16-6-8-18(9-7-16)26(27,28)29/h6-15,22H,4-5H2,1-3H3,(H,32,34)(H,30,31,33). The van der Waals surface area contributed by atoms with Crippen molar-refractivity contribution in [3.63, 3.8) is 0 Å². The van der Waals surface area contributed by atoms with Gasteiger partial charge in [0.15, 0.2) is 0 Å². The molecule has 1 unspecified atom stereocenters. The average molecular weight is 486 g/mol. The topological polar surface area (TPSA) is 84.1 Å². The Bertz CT molecular complexity index is 1260. The molecular weight excluding hydrogens is 459 g/mol. The van der Waals surface area contributed by atoms with E-state index in [1.54, 1.807) is 19.2 Å². The third-order valence-corrected chi connectivity index (χ3v) is 6.36. The molecule has 1 fully saturated rings. The predicted octanol–water partition coefficient (Wildman–Crippen LogP) is 5.00. The number of ether oxygens (including phenoxy) is 1. The van der Waals surface area contributed by atoms with Gasteiger partial charge in [0.05, 0.1) is 18.7 Å². The molecule has 4 rings (SSSR count). The molecule has 0 bridgehead atoms. The van der Waals surface area contributed by atoms with Crippen LogP contribution in [0.25, 0.3) is 0 Å². The van der Waals surface area contributed by atoms with Crippen LogP contribution in [0.2, 0.25) is 0 Å². The summed E-state index contributed by atoms with van der Waals surface area (Å²) in [6.07, 6.45) is -2.73. The predicted molar refractivity (Wildman–Crippen MR) is 124 cm³/mol. The lowest BCUT2D eigenvalue weighted by molar-refractivity contribution is -0.137. The summed E-state index contributed by atoms with van der Waals surface area (Å²) >= 11 is 0. The molecule has 0 aliphatic heterocycles. The van der Waals surface area contributed by atoms with Crippen molar-refractivity contribution in [2.24, 2.45) is 5.92 Å². The molecule has 0 radical (unpaired) electrons. The van der Waals surface area contributed by atoms with Crippen LogP contribution in [0.4, 0.5) is 13.2 Å². The first-order valence-corrected chi connectivity index (χ1v) is 11.2. The lowest BCUT2D eigenvalue weighted by Gasteiger charge is -2.25. The maximum Gasteiger partial charge on any atom is 0.416 e. The number of methoxy groups -OCH3 is 1. The van der Waals surface area contributed by atoms with Gasteiger partial charge in [-0.25, -0.2) is 4.98 Å². The van der Waals surface area contributed by atoms with Gasteiger partial charge in [-0.05, 0) is 68.0 Å². The molecule has 1 aliphatic rings. The van der Waals surface area contributed by atoms with Crippen molar-refractivity contribution in [3.05, 3.63) is 93.2 Å². The van der Waals surface area contributed by atoms with E-state index in [1.807, 2.05) is 26.0 Å². The highest BCUT2D eigenvalue weighted by Crippen LogP contribution is 2.42. The molecule has 2 aromatic carbocycles. The fraction of sp³-hybridized carbons (Fsp3) is 0.346. The Morgan fingerprint density at radius 1 is 1.06 bits per heavy atom. The third-order valence-electron chi connectivity index (χ3n) is 6.36. The minimum absolute atomic E-state index is 0.0529. The van der Waals surface area contributed by atoms with Gasteiger partial charge in [0.1, 0.15) is 17.3 Å². The van der Waals surface area contributed by atoms with Crippen molar-refractivity contribution >= 4 is 5.91 Å². The summed E-state index contributed by atoms with van der Waals surface area (Å²) in [6.45, 7) is 3.76. The van der Waals surface area contributed by atoms with E-state index >= 15 is 0 Å². The van der Waals surface area contributed by atoms with E-state index in [9.17, 15) is 22.8 Å². The summed E-state index contributed by atoms with van der Waals surface area (Å²) in [5.74, 6) is 0.568. The van der Waals surface area contributed by atoms with Crippen LogP contribution < -0.4 is 15.6 Å². The molecule has 184 valence electrons. The number of nitrogens with zero attached hydrogens (tertiary/aromatic N) is 1. The summed E-state index contributed by atoms with van der Waals surface area (Å²) in [6, 6.07) is 12.8. The van der Waals surface area contributed by atoms with E-state index in [0.717, 1.165) is 36.6 Å². The molecule has 0 spiro atoms. The molecule has 0 saturated heterocycles. The number of carbonyl (C=O) groups excluding carboxylic acids is 1. The molecule has 1 aliphatic carbocycles. The van der Waals surface area contributed by atoms with Crippen LogP contribution in [0, 0.1) is 5.92 Å². The second-order valence-electron chi connectivity index (χ2n) is 9.24. The highest BCUT2D eigenvalue weighted by Gasteiger charge is 2.36. The van der Waals surface area contributed by atoms with Crippen LogP contribution in [0.3, 0.4) is 0 Å². The molecule has 1 amide bonds. The van der Waals surface area contributed by atoms with E-state index in [0.29, 0.717) is 17.1 Å². The van der Waals surface area contributed by atoms with Crippen LogP contribution in [0.5, 0.6) is 5.75 Å². The van der Waals surface area contributed by atoms with E-state index in [4.69, 9.17) is 4.74 Å². The second kappa shape index (κ2) is 9.20. The maximum atomic E-state index is 13.1. The SMILES string of the molecule is COc1ccc(C(C)(C)c2nc(C(=O)NC(c3ccc(C(F)(F)F)cc3)C3CC3)cc(=O)[nH]2)cc1. The molecule has 35 heavy (non-hydrogen) atoms. The van der Waals surface area contributed by atoms with Crippen LogP contribution in [0.1, 0.15) is 65.7 Å². The van der Waals surface area contributed by atoms with Crippen molar-refractivity contribution in [2.75, 3.05) is 7.11 Å². The zero-order chi connectivity index (χ0) is 25.4. The van der Waals surface area contributed by atoms with Crippen LogP contribution in [-0.2, 0) is 11.6 Å². The number of aromatic amines is 1. The van der Waals surface area contributed by atoms with E-state index in [2.05, 4.69) is 15.3 Å². The molecule has 9 heteroatoms. The van der Waals surface area contributed by atoms with Gasteiger partial charge in [-0.2, -0.15) is 13.2 Å². The Morgan fingerprint density at radius 2 is 1.66 bits per heavy atom. The number of hydrogen-bond acceptors (Lipinski definition) is 4. The van der Waals surface area contributed by atoms with Crippen LogP contribution in [-0.4, -0.2) is 23.0 Å². The number of aromatic nitrogens is 2. The quantitative estimate of drug-likeness (QED) is 0.493. The minimum Gasteiger partial charge on any atom is -0.497 e. The smallest absolute Gasteiger partial charge is 0.416 e. The molecular formula is C26H26F3N3O3. The molecule has 1 heterocycles. The summed E-state index contributed by atoms with van der Waals surface area (Å²) in [4.78, 5) is 32.7.